The molecule has 388 valence electrons. The van der Waals surface area contributed by atoms with Gasteiger partial charge in [0.2, 0.25) is 17.8 Å². The number of likely N-dealkylation sites (N-methyl/N-ethyl adjacent to an activating group) is 1. The normalized spacial score (nSPS) is 16.3. The molecule has 24 heteroatoms. The van der Waals surface area contributed by atoms with Gasteiger partial charge in [0.1, 0.15) is 24.2 Å². The molecule has 0 spiro atoms. The van der Waals surface area contributed by atoms with Crippen molar-refractivity contribution in [2.24, 2.45) is 14.1 Å². The number of nitrogens with zero attached hydrogens (tertiary/aromatic N) is 14. The number of hydrogen-bond acceptors (Lipinski definition) is 19. The number of pyridine rings is 2. The molecule has 24 nitrogen and oxygen atoms in total. The Morgan fingerprint density at radius 2 is 1.39 bits per heavy atom. The molecule has 0 saturated carbocycles. The number of aryl methyl sites for hydroxylation is 3. The maximum Gasteiger partial charge on any atom is 0.256 e. The monoisotopic (exact) mass is 1010 g/mol. The lowest BCUT2D eigenvalue weighted by molar-refractivity contribution is -0.121. The van der Waals surface area contributed by atoms with Gasteiger partial charge in [-0.1, -0.05) is 6.92 Å². The van der Waals surface area contributed by atoms with Crippen molar-refractivity contribution in [3.63, 3.8) is 0 Å². The minimum Gasteiger partial charge on any atom is -0.478 e. The Morgan fingerprint density at radius 3 is 2.11 bits per heavy atom. The first-order valence-electron chi connectivity index (χ1n) is 24.9. The first-order valence-corrected chi connectivity index (χ1v) is 24.9. The van der Waals surface area contributed by atoms with Crippen molar-refractivity contribution in [2.45, 2.75) is 45.5 Å². The number of rotatable bonds is 19. The Bertz CT molecular complexity index is 3220. The van der Waals surface area contributed by atoms with E-state index in [9.17, 15) is 9.90 Å². The van der Waals surface area contributed by atoms with Crippen molar-refractivity contribution in [1.82, 2.24) is 79.0 Å². The Hall–Kier alpha value is -7.77. The Balaban J connectivity index is 0.723. The number of carbonyl (C=O) groups is 1. The molecule has 10 rings (SSSR count). The minimum absolute atomic E-state index is 0.0947. The van der Waals surface area contributed by atoms with Gasteiger partial charge in [0.25, 0.3) is 11.8 Å². The molecule has 2 saturated heterocycles. The Labute approximate surface area is 427 Å². The van der Waals surface area contributed by atoms with Gasteiger partial charge >= 0.3 is 0 Å². The van der Waals surface area contributed by atoms with Gasteiger partial charge in [-0.3, -0.25) is 28.9 Å². The van der Waals surface area contributed by atoms with Gasteiger partial charge in [-0.2, -0.15) is 0 Å². The van der Waals surface area contributed by atoms with Crippen LogP contribution < -0.4 is 30.7 Å². The molecule has 2 unspecified atom stereocenters. The Morgan fingerprint density at radius 1 is 0.770 bits per heavy atom. The van der Waals surface area contributed by atoms with Crippen molar-refractivity contribution in [3.8, 4) is 34.3 Å². The topological polar surface area (TPSA) is 261 Å². The molecule has 1 amide bonds. The third kappa shape index (κ3) is 10.7. The van der Waals surface area contributed by atoms with E-state index >= 15 is 0 Å². The molecule has 7 N–H and O–H groups in total. The summed E-state index contributed by atoms with van der Waals surface area (Å²) in [7, 11) is 7.33. The van der Waals surface area contributed by atoms with Crippen molar-refractivity contribution in [3.05, 3.63) is 73.3 Å². The largest absolute Gasteiger partial charge is 0.478 e. The molecule has 3 atom stereocenters. The van der Waals surface area contributed by atoms with Gasteiger partial charge in [0.15, 0.2) is 11.6 Å². The number of H-pyrrole nitrogens is 2. The van der Waals surface area contributed by atoms with E-state index in [0.29, 0.717) is 65.5 Å². The van der Waals surface area contributed by atoms with Crippen LogP contribution in [0.1, 0.15) is 25.8 Å². The number of fused-ring (bicyclic) bond motifs is 2. The predicted octanol–water partition coefficient (Wildman–Crippen LogP) is 4.40. The second-order valence-corrected chi connectivity index (χ2v) is 18.9. The standard InChI is InChI=1S/C50H64N20O4/c1-8-39(46(72)62-44-42-33(10-13-52-44)35(27-55-42)40-30(2)25-56-50(60-40)58-37-28-66(5)63-47(37)73-7)70-21-17-68(18-22-70)23-24-74-48-38(29-67(6)64-48)59-49-53-14-11-36(57-49)34-26-54-41-32(34)9-12-51-43(41)61-45(71)31(3)69-19-15-65(4)16-20-69/h9-14,25-29,31,39,46,54-55,72H,8,15-24H2,1-7H3,(H,52,62)(H,51,61,71)(H,53,57,59)(H,56,58,60)/t31-,39?,46?/m1/s1. The number of aliphatic hydroxyl groups excluding tert-OH is 1. The molecule has 8 aromatic rings. The summed E-state index contributed by atoms with van der Waals surface area (Å²) < 4.78 is 15.0. The second-order valence-electron chi connectivity index (χ2n) is 18.9. The lowest BCUT2D eigenvalue weighted by Crippen LogP contribution is -2.55. The SMILES string of the molecule is CCC(C(O)Nc1nccc2c(-c3nc(Nc4cn(C)nc4OC)ncc3C)c[nH]c12)N1CCN(CCOc2nn(C)cc2Nc2nccc(-c3c[nH]c4c(NC(=O)[C@@H](C)N5CCN(C)CC5)nccc34)n2)CC1. The van der Waals surface area contributed by atoms with Crippen molar-refractivity contribution < 1.29 is 19.4 Å². The average molecular weight is 1010 g/mol. The van der Waals surface area contributed by atoms with E-state index in [0.717, 1.165) is 103 Å². The highest BCUT2D eigenvalue weighted by Crippen LogP contribution is 2.35. The summed E-state index contributed by atoms with van der Waals surface area (Å²) in [6, 6.07) is 5.26. The fraction of sp³-hybridized carbons (Fsp3) is 0.420. The van der Waals surface area contributed by atoms with E-state index < -0.39 is 6.23 Å². The first-order chi connectivity index (χ1) is 35.9. The number of aromatic amines is 2. The maximum atomic E-state index is 13.3. The summed E-state index contributed by atoms with van der Waals surface area (Å²) in [5.74, 6) is 2.61. The highest BCUT2D eigenvalue weighted by Gasteiger charge is 2.30. The molecule has 0 aromatic carbocycles. The molecule has 2 fully saturated rings. The molecule has 0 aliphatic carbocycles. The summed E-state index contributed by atoms with van der Waals surface area (Å²) >= 11 is 0. The Kier molecular flexibility index (Phi) is 14.6. The summed E-state index contributed by atoms with van der Waals surface area (Å²) in [6.07, 6.45) is 14.2. The van der Waals surface area contributed by atoms with Gasteiger partial charge < -0.3 is 50.7 Å². The van der Waals surface area contributed by atoms with E-state index in [1.807, 2.05) is 64.7 Å². The van der Waals surface area contributed by atoms with Crippen LogP contribution in [0.15, 0.2) is 67.8 Å². The summed E-state index contributed by atoms with van der Waals surface area (Å²) in [6.45, 7) is 13.8. The molecule has 10 heterocycles. The van der Waals surface area contributed by atoms with Gasteiger partial charge in [0, 0.05) is 132 Å². The van der Waals surface area contributed by atoms with Crippen LogP contribution in [-0.4, -0.2) is 188 Å². The van der Waals surface area contributed by atoms with Gasteiger partial charge in [0.05, 0.1) is 54.0 Å². The lowest BCUT2D eigenvalue weighted by atomic mass is 10.1. The number of nitrogens with one attached hydrogen (secondary N) is 6. The zero-order chi connectivity index (χ0) is 51.5. The third-order valence-electron chi connectivity index (χ3n) is 13.9. The zero-order valence-corrected chi connectivity index (χ0v) is 42.8. The maximum absolute atomic E-state index is 13.3. The van der Waals surface area contributed by atoms with Crippen LogP contribution in [0.4, 0.5) is 34.9 Å². The molecule has 0 bridgehead atoms. The first kappa shape index (κ1) is 49.8. The van der Waals surface area contributed by atoms with Crippen molar-refractivity contribution in [1.29, 1.82) is 0 Å². The van der Waals surface area contributed by atoms with Crippen LogP contribution in [0.5, 0.6) is 11.8 Å². The lowest BCUT2D eigenvalue weighted by Gasteiger charge is -2.40. The quantitative estimate of drug-likeness (QED) is 0.0554. The third-order valence-corrected chi connectivity index (χ3v) is 13.9. The van der Waals surface area contributed by atoms with E-state index in [2.05, 4.69) is 94.9 Å². The number of ether oxygens (including phenoxy) is 2. The molecule has 2 aliphatic rings. The van der Waals surface area contributed by atoms with Gasteiger partial charge in [-0.25, -0.2) is 29.9 Å². The van der Waals surface area contributed by atoms with Crippen LogP contribution in [-0.2, 0) is 18.9 Å². The van der Waals surface area contributed by atoms with Crippen LogP contribution in [0.2, 0.25) is 0 Å². The van der Waals surface area contributed by atoms with Crippen molar-refractivity contribution in [2.75, 3.05) is 101 Å². The fourth-order valence-electron chi connectivity index (χ4n) is 9.77. The van der Waals surface area contributed by atoms with Crippen LogP contribution in [0, 0.1) is 6.92 Å². The number of amides is 1. The predicted molar refractivity (Wildman–Crippen MR) is 283 cm³/mol. The number of piperazine rings is 2. The van der Waals surface area contributed by atoms with E-state index in [1.54, 1.807) is 47.5 Å². The van der Waals surface area contributed by atoms with Crippen LogP contribution in [0.25, 0.3) is 44.3 Å². The molecule has 2 aliphatic heterocycles. The van der Waals surface area contributed by atoms with Crippen molar-refractivity contribution >= 4 is 62.6 Å². The van der Waals surface area contributed by atoms with Gasteiger partial charge in [-0.15, -0.1) is 10.2 Å². The molecular weight excluding hydrogens is 945 g/mol. The zero-order valence-electron chi connectivity index (χ0n) is 42.8. The van der Waals surface area contributed by atoms with E-state index in [1.165, 1.54) is 0 Å². The fourth-order valence-corrected chi connectivity index (χ4v) is 9.77. The number of methoxy groups -OCH3 is 1. The number of aromatic nitrogens is 12. The van der Waals surface area contributed by atoms with Gasteiger partial charge in [-0.05, 0) is 51.1 Å². The number of carbonyl (C=O) groups excluding carboxylic acids is 1. The highest BCUT2D eigenvalue weighted by atomic mass is 16.5. The average Bonchev–Trinajstić information content (AvgIpc) is 4.21. The molecule has 74 heavy (non-hydrogen) atoms. The van der Waals surface area contributed by atoms with E-state index in [4.69, 9.17) is 19.4 Å². The number of anilines is 6. The minimum atomic E-state index is -0.876. The number of aliphatic hydroxyl groups is 1. The second kappa shape index (κ2) is 21.8. The summed E-state index contributed by atoms with van der Waals surface area (Å²) in [5.41, 5.74) is 6.85. The number of hydrogen-bond donors (Lipinski definition) is 7. The highest BCUT2D eigenvalue weighted by molar-refractivity contribution is 6.05. The summed E-state index contributed by atoms with van der Waals surface area (Å²) in [4.78, 5) is 57.1. The molecule has 0 radical (unpaired) electrons. The summed E-state index contributed by atoms with van der Waals surface area (Å²) in [5, 5.41) is 35.3. The molecule has 8 aromatic heterocycles. The van der Waals surface area contributed by atoms with E-state index in [-0.39, 0.29) is 18.0 Å². The van der Waals surface area contributed by atoms with Crippen LogP contribution in [0.3, 0.4) is 0 Å². The smallest absolute Gasteiger partial charge is 0.256 e. The van der Waals surface area contributed by atoms with Crippen LogP contribution >= 0.6 is 0 Å². The molecular formula is C50H64N20O4.